The average molecular weight is 306 g/mol. The molecule has 18 heavy (non-hydrogen) atoms. The molecule has 94 valence electrons. The molecule has 0 radical (unpaired) electrons. The summed E-state index contributed by atoms with van der Waals surface area (Å²) in [7, 11) is 1.67. The lowest BCUT2D eigenvalue weighted by Crippen LogP contribution is -2.06. The summed E-state index contributed by atoms with van der Waals surface area (Å²) in [5, 5.41) is 3.46. The molecule has 0 saturated heterocycles. The minimum Gasteiger partial charge on any atom is -0.497 e. The van der Waals surface area contributed by atoms with Crippen molar-refractivity contribution in [3.8, 4) is 5.75 Å². The molecule has 1 atom stereocenters. The maximum absolute atomic E-state index is 5.14. The number of hydrogen-bond acceptors (Lipinski definition) is 2. The van der Waals surface area contributed by atoms with Gasteiger partial charge in [-0.05, 0) is 48.9 Å². The Kier molecular flexibility index (Phi) is 4.26. The first-order chi connectivity index (χ1) is 8.69. The molecule has 0 aliphatic carbocycles. The predicted molar refractivity (Wildman–Crippen MR) is 79.2 cm³/mol. The minimum atomic E-state index is 0.260. The zero-order valence-electron chi connectivity index (χ0n) is 10.5. The summed E-state index contributed by atoms with van der Waals surface area (Å²) in [6.07, 6.45) is 0. The van der Waals surface area contributed by atoms with Gasteiger partial charge >= 0.3 is 0 Å². The molecule has 3 heteroatoms. The van der Waals surface area contributed by atoms with E-state index in [2.05, 4.69) is 40.3 Å². The smallest absolute Gasteiger partial charge is 0.119 e. The lowest BCUT2D eigenvalue weighted by atomic mass is 10.1. The summed E-state index contributed by atoms with van der Waals surface area (Å²) < 4.78 is 6.24. The highest BCUT2D eigenvalue weighted by Crippen LogP contribution is 2.23. The van der Waals surface area contributed by atoms with E-state index in [1.54, 1.807) is 7.11 Å². The van der Waals surface area contributed by atoms with Crippen LogP contribution in [0.5, 0.6) is 5.75 Å². The fraction of sp³-hybridized carbons (Fsp3) is 0.200. The van der Waals surface area contributed by atoms with Crippen molar-refractivity contribution < 1.29 is 4.74 Å². The monoisotopic (exact) mass is 305 g/mol. The summed E-state index contributed by atoms with van der Waals surface area (Å²) in [4.78, 5) is 0. The molecule has 2 rings (SSSR count). The standard InChI is InChI=1S/C15H16BrNO/c1-11(12-4-3-5-13(16)10-12)17-14-6-8-15(18-2)9-7-14/h3-11,17H,1-2H3. The van der Waals surface area contributed by atoms with E-state index in [4.69, 9.17) is 4.74 Å². The van der Waals surface area contributed by atoms with Crippen LogP contribution in [0, 0.1) is 0 Å². The number of rotatable bonds is 4. The zero-order valence-corrected chi connectivity index (χ0v) is 12.1. The predicted octanol–water partition coefficient (Wildman–Crippen LogP) is 4.63. The van der Waals surface area contributed by atoms with Gasteiger partial charge in [0.05, 0.1) is 7.11 Å². The summed E-state index contributed by atoms with van der Waals surface area (Å²) in [6.45, 7) is 2.14. The number of anilines is 1. The van der Waals surface area contributed by atoms with Gasteiger partial charge in [0.1, 0.15) is 5.75 Å². The molecule has 2 aromatic rings. The van der Waals surface area contributed by atoms with E-state index in [1.165, 1.54) is 5.56 Å². The Bertz CT molecular complexity index is 510. The number of halogens is 1. The van der Waals surface area contributed by atoms with Gasteiger partial charge in [-0.2, -0.15) is 0 Å². The fourth-order valence-electron chi connectivity index (χ4n) is 1.80. The van der Waals surface area contributed by atoms with Gasteiger partial charge in [-0.1, -0.05) is 28.1 Å². The van der Waals surface area contributed by atoms with Crippen molar-refractivity contribution >= 4 is 21.6 Å². The highest BCUT2D eigenvalue weighted by atomic mass is 79.9. The maximum Gasteiger partial charge on any atom is 0.119 e. The Labute approximate surface area is 116 Å². The lowest BCUT2D eigenvalue weighted by molar-refractivity contribution is 0.415. The van der Waals surface area contributed by atoms with Gasteiger partial charge in [0.2, 0.25) is 0 Å². The van der Waals surface area contributed by atoms with Gasteiger partial charge in [-0.3, -0.25) is 0 Å². The third-order valence-electron chi connectivity index (χ3n) is 2.82. The second-order valence-corrected chi connectivity index (χ2v) is 5.07. The van der Waals surface area contributed by atoms with Crippen LogP contribution in [-0.2, 0) is 0 Å². The molecule has 0 aliphatic heterocycles. The molecule has 1 unspecified atom stereocenters. The molecular formula is C15H16BrNO. The Morgan fingerprint density at radius 3 is 2.44 bits per heavy atom. The molecule has 0 spiro atoms. The molecule has 0 saturated carbocycles. The summed E-state index contributed by atoms with van der Waals surface area (Å²) in [5.74, 6) is 0.871. The first-order valence-electron chi connectivity index (χ1n) is 5.85. The summed E-state index contributed by atoms with van der Waals surface area (Å²) in [5.41, 5.74) is 2.34. The largest absolute Gasteiger partial charge is 0.497 e. The van der Waals surface area contributed by atoms with E-state index >= 15 is 0 Å². The number of methoxy groups -OCH3 is 1. The van der Waals surface area contributed by atoms with Crippen LogP contribution in [0.4, 0.5) is 5.69 Å². The van der Waals surface area contributed by atoms with Crippen LogP contribution in [0.1, 0.15) is 18.5 Å². The van der Waals surface area contributed by atoms with Crippen molar-refractivity contribution in [2.24, 2.45) is 0 Å². The van der Waals surface area contributed by atoms with Crippen molar-refractivity contribution in [1.29, 1.82) is 0 Å². The van der Waals surface area contributed by atoms with Gasteiger partial charge < -0.3 is 10.1 Å². The van der Waals surface area contributed by atoms with Crippen LogP contribution in [0.2, 0.25) is 0 Å². The topological polar surface area (TPSA) is 21.3 Å². The second-order valence-electron chi connectivity index (χ2n) is 4.15. The van der Waals surface area contributed by atoms with E-state index in [9.17, 15) is 0 Å². The van der Waals surface area contributed by atoms with Crippen LogP contribution in [0.25, 0.3) is 0 Å². The number of nitrogens with one attached hydrogen (secondary N) is 1. The highest BCUT2D eigenvalue weighted by molar-refractivity contribution is 9.10. The van der Waals surface area contributed by atoms with Crippen LogP contribution in [0.3, 0.4) is 0 Å². The van der Waals surface area contributed by atoms with E-state index in [1.807, 2.05) is 36.4 Å². The van der Waals surface area contributed by atoms with Gasteiger partial charge in [0, 0.05) is 16.2 Å². The molecule has 0 amide bonds. The van der Waals surface area contributed by atoms with Gasteiger partial charge in [0.15, 0.2) is 0 Å². The Morgan fingerprint density at radius 2 is 1.83 bits per heavy atom. The molecule has 0 aliphatic rings. The first kappa shape index (κ1) is 13.0. The molecule has 2 nitrogen and oxygen atoms in total. The van der Waals surface area contributed by atoms with Crippen molar-refractivity contribution in [1.82, 2.24) is 0 Å². The SMILES string of the molecule is COc1ccc(NC(C)c2cccc(Br)c2)cc1. The molecule has 0 heterocycles. The number of ether oxygens (including phenoxy) is 1. The lowest BCUT2D eigenvalue weighted by Gasteiger charge is -2.16. The van der Waals surface area contributed by atoms with Gasteiger partial charge in [0.25, 0.3) is 0 Å². The molecule has 0 fully saturated rings. The third-order valence-corrected chi connectivity index (χ3v) is 3.32. The van der Waals surface area contributed by atoms with Crippen LogP contribution < -0.4 is 10.1 Å². The van der Waals surface area contributed by atoms with E-state index in [0.717, 1.165) is 15.9 Å². The minimum absolute atomic E-state index is 0.260. The average Bonchev–Trinajstić information content (AvgIpc) is 2.39. The van der Waals surface area contributed by atoms with E-state index < -0.39 is 0 Å². The van der Waals surface area contributed by atoms with Crippen LogP contribution >= 0.6 is 15.9 Å². The molecule has 0 bridgehead atoms. The fourth-order valence-corrected chi connectivity index (χ4v) is 2.21. The molecule has 1 N–H and O–H groups in total. The number of benzene rings is 2. The normalized spacial score (nSPS) is 11.9. The molecule has 2 aromatic carbocycles. The second kappa shape index (κ2) is 5.91. The summed E-state index contributed by atoms with van der Waals surface area (Å²) >= 11 is 3.49. The third kappa shape index (κ3) is 3.26. The number of hydrogen-bond donors (Lipinski definition) is 1. The Hall–Kier alpha value is -1.48. The quantitative estimate of drug-likeness (QED) is 0.889. The highest BCUT2D eigenvalue weighted by Gasteiger charge is 2.05. The first-order valence-corrected chi connectivity index (χ1v) is 6.64. The Balaban J connectivity index is 2.08. The van der Waals surface area contributed by atoms with Crippen molar-refractivity contribution in [3.63, 3.8) is 0 Å². The van der Waals surface area contributed by atoms with Crippen molar-refractivity contribution in [2.45, 2.75) is 13.0 Å². The summed E-state index contributed by atoms with van der Waals surface area (Å²) in [6, 6.07) is 16.5. The molecule has 0 aromatic heterocycles. The zero-order chi connectivity index (χ0) is 13.0. The van der Waals surface area contributed by atoms with Crippen LogP contribution in [0.15, 0.2) is 53.0 Å². The van der Waals surface area contributed by atoms with E-state index in [-0.39, 0.29) is 6.04 Å². The Morgan fingerprint density at radius 1 is 1.11 bits per heavy atom. The molecular weight excluding hydrogens is 290 g/mol. The van der Waals surface area contributed by atoms with E-state index in [0.29, 0.717) is 0 Å². The maximum atomic E-state index is 5.14. The van der Waals surface area contributed by atoms with Gasteiger partial charge in [-0.15, -0.1) is 0 Å². The van der Waals surface area contributed by atoms with Crippen molar-refractivity contribution in [3.05, 3.63) is 58.6 Å². The van der Waals surface area contributed by atoms with Crippen molar-refractivity contribution in [2.75, 3.05) is 12.4 Å². The van der Waals surface area contributed by atoms with Crippen LogP contribution in [-0.4, -0.2) is 7.11 Å². The van der Waals surface area contributed by atoms with Gasteiger partial charge in [-0.25, -0.2) is 0 Å².